The summed E-state index contributed by atoms with van der Waals surface area (Å²) in [5.74, 6) is -0.832. The van der Waals surface area contributed by atoms with E-state index in [-0.39, 0.29) is 18.6 Å². The Hall–Kier alpha value is -1.26. The van der Waals surface area contributed by atoms with Crippen molar-refractivity contribution in [3.05, 3.63) is 0 Å². The third kappa shape index (κ3) is 4.40. The van der Waals surface area contributed by atoms with E-state index in [4.69, 9.17) is 9.84 Å². The highest BCUT2D eigenvalue weighted by Gasteiger charge is 2.42. The number of aliphatic carboxylic acids is 1. The summed E-state index contributed by atoms with van der Waals surface area (Å²) >= 11 is 0. The summed E-state index contributed by atoms with van der Waals surface area (Å²) in [4.78, 5) is 24.8. The normalized spacial score (nSPS) is 20.5. The van der Waals surface area contributed by atoms with Gasteiger partial charge in [0, 0.05) is 12.6 Å². The quantitative estimate of drug-likeness (QED) is 0.857. The van der Waals surface area contributed by atoms with Gasteiger partial charge in [-0.15, -0.1) is 0 Å². The van der Waals surface area contributed by atoms with Gasteiger partial charge in [-0.1, -0.05) is 13.8 Å². The molecule has 1 aliphatic rings. The molecule has 1 heterocycles. The third-order valence-corrected chi connectivity index (χ3v) is 3.39. The number of hydrogen-bond acceptors (Lipinski definition) is 3. The predicted molar refractivity (Wildman–Crippen MR) is 72.0 cm³/mol. The highest BCUT2D eigenvalue weighted by molar-refractivity contribution is 5.70. The molecule has 1 rings (SSSR count). The minimum absolute atomic E-state index is 0.0525. The van der Waals surface area contributed by atoms with Crippen molar-refractivity contribution in [1.29, 1.82) is 0 Å². The molecule has 0 radical (unpaired) electrons. The van der Waals surface area contributed by atoms with Crippen LogP contribution >= 0.6 is 0 Å². The topological polar surface area (TPSA) is 66.8 Å². The molecule has 1 unspecified atom stereocenters. The number of nitrogens with zero attached hydrogens (tertiary/aromatic N) is 1. The first-order valence-electron chi connectivity index (χ1n) is 6.74. The van der Waals surface area contributed by atoms with Gasteiger partial charge in [-0.2, -0.15) is 0 Å². The molecule has 19 heavy (non-hydrogen) atoms. The number of amides is 1. The molecule has 0 bridgehead atoms. The van der Waals surface area contributed by atoms with Gasteiger partial charge in [-0.25, -0.2) is 4.79 Å². The molecule has 0 aliphatic carbocycles. The Morgan fingerprint density at radius 3 is 2.32 bits per heavy atom. The fourth-order valence-corrected chi connectivity index (χ4v) is 2.63. The Kier molecular flexibility index (Phi) is 4.48. The average Bonchev–Trinajstić information content (AvgIpc) is 2.60. The first kappa shape index (κ1) is 15.8. The molecule has 1 atom stereocenters. The summed E-state index contributed by atoms with van der Waals surface area (Å²) in [6.07, 6.45) is 1.44. The third-order valence-electron chi connectivity index (χ3n) is 3.39. The number of hydrogen-bond donors (Lipinski definition) is 1. The van der Waals surface area contributed by atoms with Crippen LogP contribution in [0.2, 0.25) is 0 Å². The van der Waals surface area contributed by atoms with E-state index in [1.54, 1.807) is 4.90 Å². The van der Waals surface area contributed by atoms with Gasteiger partial charge < -0.3 is 14.7 Å². The highest BCUT2D eigenvalue weighted by atomic mass is 16.6. The molecule has 0 saturated carbocycles. The molecule has 1 saturated heterocycles. The van der Waals surface area contributed by atoms with Crippen molar-refractivity contribution in [2.24, 2.45) is 5.41 Å². The van der Waals surface area contributed by atoms with Crippen LogP contribution in [0.3, 0.4) is 0 Å². The van der Waals surface area contributed by atoms with E-state index < -0.39 is 17.0 Å². The van der Waals surface area contributed by atoms with Crippen molar-refractivity contribution in [3.63, 3.8) is 0 Å². The maximum Gasteiger partial charge on any atom is 0.410 e. The molecule has 0 aromatic carbocycles. The minimum atomic E-state index is -0.832. The van der Waals surface area contributed by atoms with Crippen molar-refractivity contribution < 1.29 is 19.4 Å². The van der Waals surface area contributed by atoms with Gasteiger partial charge in [0.2, 0.25) is 0 Å². The molecule has 5 heteroatoms. The van der Waals surface area contributed by atoms with Crippen LogP contribution in [-0.2, 0) is 9.53 Å². The van der Waals surface area contributed by atoms with Crippen LogP contribution in [0.15, 0.2) is 0 Å². The number of carbonyl (C=O) groups is 2. The van der Waals surface area contributed by atoms with Crippen molar-refractivity contribution >= 4 is 12.1 Å². The summed E-state index contributed by atoms with van der Waals surface area (Å²) in [6, 6.07) is -0.0709. The smallest absolute Gasteiger partial charge is 0.410 e. The predicted octanol–water partition coefficient (Wildman–Crippen LogP) is 2.89. The molecule has 1 amide bonds. The minimum Gasteiger partial charge on any atom is -0.481 e. The molecular weight excluding hydrogens is 246 g/mol. The lowest BCUT2D eigenvalue weighted by Crippen LogP contribution is -2.47. The Morgan fingerprint density at radius 2 is 1.84 bits per heavy atom. The van der Waals surface area contributed by atoms with Crippen molar-refractivity contribution in [2.45, 2.75) is 65.5 Å². The molecule has 0 spiro atoms. The van der Waals surface area contributed by atoms with Crippen LogP contribution in [0.5, 0.6) is 0 Å². The van der Waals surface area contributed by atoms with E-state index in [0.29, 0.717) is 6.54 Å². The van der Waals surface area contributed by atoms with E-state index >= 15 is 0 Å². The van der Waals surface area contributed by atoms with Crippen LogP contribution in [0, 0.1) is 5.41 Å². The number of carboxylic acid groups (broad SMARTS) is 1. The van der Waals surface area contributed by atoms with Crippen LogP contribution < -0.4 is 0 Å². The number of likely N-dealkylation sites (tertiary alicyclic amines) is 1. The molecule has 1 N–H and O–H groups in total. The molecule has 110 valence electrons. The first-order chi connectivity index (χ1) is 8.53. The molecule has 5 nitrogen and oxygen atoms in total. The molecule has 0 aromatic heterocycles. The van der Waals surface area contributed by atoms with Gasteiger partial charge in [0.15, 0.2) is 0 Å². The van der Waals surface area contributed by atoms with Crippen LogP contribution in [-0.4, -0.2) is 40.3 Å². The fraction of sp³-hybridized carbons (Fsp3) is 0.857. The van der Waals surface area contributed by atoms with E-state index in [2.05, 4.69) is 0 Å². The van der Waals surface area contributed by atoms with E-state index in [9.17, 15) is 9.59 Å². The second kappa shape index (κ2) is 5.39. The summed E-state index contributed by atoms with van der Waals surface area (Å²) in [5, 5.41) is 8.99. The first-order valence-corrected chi connectivity index (χ1v) is 6.74. The Bertz CT molecular complexity index is 357. The van der Waals surface area contributed by atoms with Gasteiger partial charge in [0.05, 0.1) is 6.42 Å². The van der Waals surface area contributed by atoms with Gasteiger partial charge in [-0.05, 0) is 39.0 Å². The van der Waals surface area contributed by atoms with E-state index in [0.717, 1.165) is 12.8 Å². The largest absolute Gasteiger partial charge is 0.481 e. The van der Waals surface area contributed by atoms with Gasteiger partial charge in [0.1, 0.15) is 5.60 Å². The molecule has 0 aromatic rings. The Labute approximate surface area is 114 Å². The SMILES string of the molecule is CC(C)(C)OC(=O)N1CCCC1C(C)(C)CC(=O)O. The van der Waals surface area contributed by atoms with Gasteiger partial charge >= 0.3 is 12.1 Å². The second-order valence-electron chi connectivity index (χ2n) is 6.89. The average molecular weight is 271 g/mol. The summed E-state index contributed by atoms with van der Waals surface area (Å²) in [7, 11) is 0. The van der Waals surface area contributed by atoms with Crippen molar-refractivity contribution in [1.82, 2.24) is 4.90 Å². The Morgan fingerprint density at radius 1 is 1.26 bits per heavy atom. The van der Waals surface area contributed by atoms with Crippen molar-refractivity contribution in [2.75, 3.05) is 6.54 Å². The van der Waals surface area contributed by atoms with Crippen LogP contribution in [0.4, 0.5) is 4.79 Å². The summed E-state index contributed by atoms with van der Waals surface area (Å²) in [5.41, 5.74) is -0.972. The highest BCUT2D eigenvalue weighted by Crippen LogP contribution is 2.36. The van der Waals surface area contributed by atoms with E-state index in [1.165, 1.54) is 0 Å². The standard InChI is InChI=1S/C14H25NO4/c1-13(2,3)19-12(18)15-8-6-7-10(15)14(4,5)9-11(16)17/h10H,6-9H2,1-5H3,(H,16,17). The lowest BCUT2D eigenvalue weighted by Gasteiger charge is -2.37. The monoisotopic (exact) mass is 271 g/mol. The molecule has 1 fully saturated rings. The maximum atomic E-state index is 12.2. The molecule has 1 aliphatic heterocycles. The van der Waals surface area contributed by atoms with Crippen LogP contribution in [0.1, 0.15) is 53.9 Å². The lowest BCUT2D eigenvalue weighted by atomic mass is 9.80. The molecular formula is C14H25NO4. The number of ether oxygens (including phenoxy) is 1. The maximum absolute atomic E-state index is 12.2. The summed E-state index contributed by atoms with van der Waals surface area (Å²) in [6.45, 7) is 9.93. The Balaban J connectivity index is 2.79. The zero-order valence-electron chi connectivity index (χ0n) is 12.5. The number of rotatable bonds is 3. The lowest BCUT2D eigenvalue weighted by molar-refractivity contribution is -0.140. The van der Waals surface area contributed by atoms with E-state index in [1.807, 2.05) is 34.6 Å². The fourth-order valence-electron chi connectivity index (χ4n) is 2.63. The van der Waals surface area contributed by atoms with Gasteiger partial charge in [0.25, 0.3) is 0 Å². The van der Waals surface area contributed by atoms with Crippen LogP contribution in [0.25, 0.3) is 0 Å². The number of carbonyl (C=O) groups excluding carboxylic acids is 1. The zero-order chi connectivity index (χ0) is 14.8. The summed E-state index contributed by atoms with van der Waals surface area (Å²) < 4.78 is 5.39. The van der Waals surface area contributed by atoms with Gasteiger partial charge in [-0.3, -0.25) is 4.79 Å². The zero-order valence-corrected chi connectivity index (χ0v) is 12.5. The second-order valence-corrected chi connectivity index (χ2v) is 6.89. The number of carboxylic acids is 1. The van der Waals surface area contributed by atoms with Crippen molar-refractivity contribution in [3.8, 4) is 0 Å².